The lowest BCUT2D eigenvalue weighted by atomic mass is 10.0. The number of likely N-dealkylation sites (N-methyl/N-ethyl adjacent to an activating group) is 1. The zero-order valence-electron chi connectivity index (χ0n) is 50.3. The van der Waals surface area contributed by atoms with Crippen LogP contribution in [0.1, 0.15) is 258 Å². The third kappa shape index (κ3) is 59.7. The van der Waals surface area contributed by atoms with Gasteiger partial charge in [-0.2, -0.15) is 0 Å². The molecule has 0 spiro atoms. The quantitative estimate of drug-likeness (QED) is 0.0211. The van der Waals surface area contributed by atoms with Gasteiger partial charge in [-0.05, 0) is 96.3 Å². The standard InChI is InChI=1S/C68H117NO8/c1-6-8-10-12-14-16-18-20-21-22-23-24-25-26-27-28-29-30-31-32-33-34-35-36-37-38-39-40-41-42-43-44-45-47-49-51-53-55-57-59-66(71)77-64(63-76-68(67(72)73)74-61-60-69(3,4)5)62-75-65(70)58-56-54-52-50-48-46-19-17-15-13-11-9-7-2/h8,10,14,16-17,19-21,23-24,26-27,29-30,32-33,64,68H,6-7,9,11-13,15,18,22,25,28,31,34-63H2,1-5H3/p+1/b10-8-,16-14-,19-17-,21-20-,24-23-,27-26-,30-29-,33-32-. The first-order valence-electron chi connectivity index (χ1n) is 31.4. The van der Waals surface area contributed by atoms with Crippen LogP contribution in [0.3, 0.4) is 0 Å². The van der Waals surface area contributed by atoms with Gasteiger partial charge in [0.15, 0.2) is 6.10 Å². The van der Waals surface area contributed by atoms with Gasteiger partial charge >= 0.3 is 17.9 Å². The van der Waals surface area contributed by atoms with E-state index in [1.54, 1.807) is 0 Å². The van der Waals surface area contributed by atoms with E-state index in [0.717, 1.165) is 103 Å². The molecule has 0 aliphatic carbocycles. The highest BCUT2D eigenvalue weighted by Gasteiger charge is 2.25. The van der Waals surface area contributed by atoms with Crippen molar-refractivity contribution in [2.24, 2.45) is 0 Å². The number of nitrogens with zero attached hydrogens (tertiary/aromatic N) is 1. The number of hydrogen-bond acceptors (Lipinski definition) is 7. The van der Waals surface area contributed by atoms with E-state index in [0.29, 0.717) is 17.4 Å². The highest BCUT2D eigenvalue weighted by atomic mass is 16.7. The number of carbonyl (C=O) groups excluding carboxylic acids is 2. The van der Waals surface area contributed by atoms with Gasteiger partial charge in [0.2, 0.25) is 0 Å². The van der Waals surface area contributed by atoms with Gasteiger partial charge in [0.05, 0.1) is 34.4 Å². The highest BCUT2D eigenvalue weighted by molar-refractivity contribution is 5.71. The Hall–Kier alpha value is -3.79. The molecule has 0 aromatic carbocycles. The second kappa shape index (κ2) is 58.4. The highest BCUT2D eigenvalue weighted by Crippen LogP contribution is 2.16. The summed E-state index contributed by atoms with van der Waals surface area (Å²) in [5.41, 5.74) is 0. The molecule has 0 saturated heterocycles. The van der Waals surface area contributed by atoms with Crippen LogP contribution in [-0.2, 0) is 33.3 Å². The van der Waals surface area contributed by atoms with E-state index < -0.39 is 24.3 Å². The molecule has 0 aromatic heterocycles. The Bertz CT molecular complexity index is 1580. The van der Waals surface area contributed by atoms with Crippen LogP contribution < -0.4 is 0 Å². The Labute approximate surface area is 473 Å². The van der Waals surface area contributed by atoms with Gasteiger partial charge in [0.25, 0.3) is 6.29 Å². The van der Waals surface area contributed by atoms with E-state index in [2.05, 4.69) is 111 Å². The number of carbonyl (C=O) groups is 3. The largest absolute Gasteiger partial charge is 0.477 e. The second-order valence-electron chi connectivity index (χ2n) is 22.0. The number of hydrogen-bond donors (Lipinski definition) is 1. The number of aliphatic carboxylic acids is 1. The summed E-state index contributed by atoms with van der Waals surface area (Å²) in [5, 5.41) is 9.70. The van der Waals surface area contributed by atoms with E-state index >= 15 is 0 Å². The molecule has 77 heavy (non-hydrogen) atoms. The first kappa shape index (κ1) is 73.2. The molecule has 0 aliphatic rings. The average Bonchev–Trinajstić information content (AvgIpc) is 3.40. The summed E-state index contributed by atoms with van der Waals surface area (Å²) in [4.78, 5) is 37.4. The van der Waals surface area contributed by atoms with Crippen LogP contribution >= 0.6 is 0 Å². The molecular formula is C68H118NO8+. The van der Waals surface area contributed by atoms with Crippen LogP contribution in [0.25, 0.3) is 0 Å². The van der Waals surface area contributed by atoms with Crippen molar-refractivity contribution in [2.75, 3.05) is 47.5 Å². The van der Waals surface area contributed by atoms with Gasteiger partial charge in [-0.25, -0.2) is 4.79 Å². The van der Waals surface area contributed by atoms with Crippen LogP contribution in [0.2, 0.25) is 0 Å². The fourth-order valence-corrected chi connectivity index (χ4v) is 8.52. The molecule has 0 saturated carbocycles. The summed E-state index contributed by atoms with van der Waals surface area (Å²) < 4.78 is 22.9. The maximum absolute atomic E-state index is 12.9. The molecule has 9 heteroatoms. The maximum Gasteiger partial charge on any atom is 0.361 e. The summed E-state index contributed by atoms with van der Waals surface area (Å²) >= 11 is 0. The number of allylic oxidation sites excluding steroid dienone is 16. The Morgan fingerprint density at radius 3 is 1.12 bits per heavy atom. The fraction of sp³-hybridized carbons (Fsp3) is 0.721. The summed E-state index contributed by atoms with van der Waals surface area (Å²) in [6, 6.07) is 0. The minimum Gasteiger partial charge on any atom is -0.477 e. The predicted molar refractivity (Wildman–Crippen MR) is 327 cm³/mol. The van der Waals surface area contributed by atoms with Crippen LogP contribution in [0.15, 0.2) is 97.2 Å². The smallest absolute Gasteiger partial charge is 0.361 e. The molecule has 0 aromatic rings. The molecule has 0 aliphatic heterocycles. The predicted octanol–water partition coefficient (Wildman–Crippen LogP) is 18.9. The normalized spacial score (nSPS) is 13.4. The fourth-order valence-electron chi connectivity index (χ4n) is 8.52. The molecule has 0 rings (SSSR count). The van der Waals surface area contributed by atoms with Gasteiger partial charge in [-0.15, -0.1) is 0 Å². The molecule has 1 N–H and O–H groups in total. The number of quaternary nitrogens is 1. The van der Waals surface area contributed by atoms with Gasteiger partial charge in [0, 0.05) is 12.8 Å². The molecule has 0 heterocycles. The topological polar surface area (TPSA) is 108 Å². The Kier molecular flexibility index (Phi) is 55.5. The zero-order chi connectivity index (χ0) is 56.2. The number of ether oxygens (including phenoxy) is 4. The Balaban J connectivity index is 4.03. The van der Waals surface area contributed by atoms with Crippen LogP contribution in [-0.4, -0.2) is 87.4 Å². The third-order valence-electron chi connectivity index (χ3n) is 13.3. The van der Waals surface area contributed by atoms with Crippen molar-refractivity contribution in [3.8, 4) is 0 Å². The lowest BCUT2D eigenvalue weighted by Crippen LogP contribution is -2.40. The number of rotatable bonds is 57. The Morgan fingerprint density at radius 2 is 0.740 bits per heavy atom. The lowest BCUT2D eigenvalue weighted by Gasteiger charge is -2.25. The summed E-state index contributed by atoms with van der Waals surface area (Å²) in [6.07, 6.45) is 76.5. The lowest BCUT2D eigenvalue weighted by molar-refractivity contribution is -0.870. The zero-order valence-corrected chi connectivity index (χ0v) is 50.3. The monoisotopic (exact) mass is 1080 g/mol. The van der Waals surface area contributed by atoms with Gasteiger partial charge < -0.3 is 28.5 Å². The first-order chi connectivity index (χ1) is 37.6. The summed E-state index contributed by atoms with van der Waals surface area (Å²) in [6.45, 7) is 4.74. The molecule has 0 bridgehead atoms. The average molecular weight is 1080 g/mol. The van der Waals surface area contributed by atoms with Crippen LogP contribution in [0.5, 0.6) is 0 Å². The van der Waals surface area contributed by atoms with Crippen molar-refractivity contribution >= 4 is 17.9 Å². The number of carboxylic acid groups (broad SMARTS) is 1. The van der Waals surface area contributed by atoms with Crippen LogP contribution in [0, 0.1) is 0 Å². The van der Waals surface area contributed by atoms with Crippen molar-refractivity contribution in [1.82, 2.24) is 0 Å². The Morgan fingerprint density at radius 1 is 0.403 bits per heavy atom. The molecule has 442 valence electrons. The van der Waals surface area contributed by atoms with E-state index in [4.69, 9.17) is 18.9 Å². The number of unbranched alkanes of at least 4 members (excludes halogenated alkanes) is 26. The number of carboxylic acids is 1. The van der Waals surface area contributed by atoms with Gasteiger partial charge in [-0.3, -0.25) is 9.59 Å². The van der Waals surface area contributed by atoms with Crippen molar-refractivity contribution in [2.45, 2.75) is 270 Å². The molecule has 0 amide bonds. The number of esters is 2. The molecule has 2 unspecified atom stereocenters. The van der Waals surface area contributed by atoms with E-state index in [9.17, 15) is 19.5 Å². The van der Waals surface area contributed by atoms with E-state index in [1.807, 2.05) is 21.1 Å². The van der Waals surface area contributed by atoms with Crippen molar-refractivity contribution in [3.05, 3.63) is 97.2 Å². The van der Waals surface area contributed by atoms with E-state index in [1.165, 1.54) is 128 Å². The second-order valence-corrected chi connectivity index (χ2v) is 22.0. The maximum atomic E-state index is 12.9. The summed E-state index contributed by atoms with van der Waals surface area (Å²) in [7, 11) is 5.96. The van der Waals surface area contributed by atoms with E-state index in [-0.39, 0.29) is 32.2 Å². The summed E-state index contributed by atoms with van der Waals surface area (Å²) in [5.74, 6) is -2.01. The molecule has 0 radical (unpaired) electrons. The molecule has 9 nitrogen and oxygen atoms in total. The molecule has 2 atom stereocenters. The van der Waals surface area contributed by atoms with Gasteiger partial charge in [-0.1, -0.05) is 246 Å². The third-order valence-corrected chi connectivity index (χ3v) is 13.3. The van der Waals surface area contributed by atoms with Crippen molar-refractivity contribution < 1.29 is 42.9 Å². The first-order valence-corrected chi connectivity index (χ1v) is 31.4. The minimum atomic E-state index is -1.51. The minimum absolute atomic E-state index is 0.185. The van der Waals surface area contributed by atoms with Crippen molar-refractivity contribution in [3.63, 3.8) is 0 Å². The van der Waals surface area contributed by atoms with Crippen molar-refractivity contribution in [1.29, 1.82) is 0 Å². The van der Waals surface area contributed by atoms with Crippen LogP contribution in [0.4, 0.5) is 0 Å². The SMILES string of the molecule is CC/C=C\C/C=C\C/C=C\C/C=C\C/C=C\C/C=C\C/C=C\CCCCCCCCCCCCCCCCCCCC(=O)OC(COC(=O)CCCCCCC/C=C\CCCCCC)COC(OCC[N+](C)(C)C)C(=O)O. The molecular weight excluding hydrogens is 959 g/mol. The van der Waals surface area contributed by atoms with Gasteiger partial charge in [0.1, 0.15) is 13.2 Å². The molecule has 0 fully saturated rings.